The van der Waals surface area contributed by atoms with Crippen LogP contribution in [0.4, 0.5) is 15.3 Å². The van der Waals surface area contributed by atoms with Crippen molar-refractivity contribution in [2.24, 2.45) is 0 Å². The zero-order chi connectivity index (χ0) is 43.9. The van der Waals surface area contributed by atoms with E-state index < -0.39 is 40.3 Å². The SMILES string of the molecule is CCC1(OC(=O)N(C)CCN(C)C(=O)OC(C)c2ccc([N+](=O)[O-])c(Oc3ccc(-c4ccccc4)cc3)c2)C(=O)OCc2c1cc1n(c2=O)Cc2cc3cc(O)ccc3nc2-1. The molecule has 16 nitrogen and oxygen atoms in total. The second kappa shape index (κ2) is 16.4. The number of phenolic OH excluding ortho intramolecular Hbond substituents is 1. The van der Waals surface area contributed by atoms with Gasteiger partial charge in [0.05, 0.1) is 33.9 Å². The molecule has 16 heteroatoms. The minimum Gasteiger partial charge on any atom is -0.508 e. The lowest BCUT2D eigenvalue weighted by Crippen LogP contribution is -2.49. The Bertz CT molecular complexity index is 2830. The minimum atomic E-state index is -1.95. The number of carbonyl (C=O) groups is 3. The number of nitrogens with zero attached hydrogens (tertiary/aromatic N) is 5. The quantitative estimate of drug-likeness (QED) is 0.0571. The van der Waals surface area contributed by atoms with Crippen LogP contribution < -0.4 is 10.3 Å². The van der Waals surface area contributed by atoms with Crippen LogP contribution in [-0.4, -0.2) is 74.7 Å². The van der Waals surface area contributed by atoms with Crippen molar-refractivity contribution in [3.63, 3.8) is 0 Å². The summed E-state index contributed by atoms with van der Waals surface area (Å²) in [5.74, 6) is -0.392. The van der Waals surface area contributed by atoms with Crippen molar-refractivity contribution < 1.29 is 43.4 Å². The molecule has 8 rings (SSSR count). The highest BCUT2D eigenvalue weighted by Crippen LogP contribution is 2.42. The maximum absolute atomic E-state index is 13.9. The fourth-order valence-corrected chi connectivity index (χ4v) is 7.64. The molecule has 0 saturated carbocycles. The molecule has 0 radical (unpaired) electrons. The van der Waals surface area contributed by atoms with Crippen LogP contribution in [0.25, 0.3) is 33.4 Å². The first-order valence-electron chi connectivity index (χ1n) is 19.8. The number of pyridine rings is 2. The molecule has 2 atom stereocenters. The number of likely N-dealkylation sites (N-methyl/N-ethyl adjacent to an activating group) is 2. The van der Waals surface area contributed by atoms with Gasteiger partial charge in [0, 0.05) is 49.8 Å². The highest BCUT2D eigenvalue weighted by atomic mass is 16.6. The molecule has 2 aliphatic heterocycles. The number of carbonyl (C=O) groups excluding carboxylic acids is 3. The molecule has 0 bridgehead atoms. The predicted molar refractivity (Wildman–Crippen MR) is 226 cm³/mol. The molecule has 316 valence electrons. The molecule has 2 aliphatic rings. The Hall–Kier alpha value is -7.75. The Kier molecular flexibility index (Phi) is 10.8. The number of fused-ring (bicyclic) bond motifs is 5. The number of aromatic nitrogens is 2. The van der Waals surface area contributed by atoms with Gasteiger partial charge >= 0.3 is 23.8 Å². The van der Waals surface area contributed by atoms with Crippen molar-refractivity contribution in [3.05, 3.63) is 146 Å². The van der Waals surface area contributed by atoms with Crippen LogP contribution in [0, 0.1) is 10.1 Å². The predicted octanol–water partition coefficient (Wildman–Crippen LogP) is 8.06. The molecule has 2 unspecified atom stereocenters. The lowest BCUT2D eigenvalue weighted by Gasteiger charge is -2.36. The number of aromatic hydroxyl groups is 1. The summed E-state index contributed by atoms with van der Waals surface area (Å²) in [6, 6.07) is 29.4. The average Bonchev–Trinajstić information content (AvgIpc) is 3.63. The van der Waals surface area contributed by atoms with E-state index in [2.05, 4.69) is 0 Å². The summed E-state index contributed by atoms with van der Waals surface area (Å²) in [7, 11) is 2.92. The molecule has 6 aromatic rings. The first-order chi connectivity index (χ1) is 29.8. The molecule has 0 spiro atoms. The second-order valence-electron chi connectivity index (χ2n) is 15.2. The Labute approximate surface area is 354 Å². The lowest BCUT2D eigenvalue weighted by molar-refractivity contribution is -0.385. The van der Waals surface area contributed by atoms with E-state index in [9.17, 15) is 34.4 Å². The summed E-state index contributed by atoms with van der Waals surface area (Å²) < 4.78 is 24.6. The summed E-state index contributed by atoms with van der Waals surface area (Å²) in [6.07, 6.45) is -2.53. The van der Waals surface area contributed by atoms with Crippen molar-refractivity contribution >= 4 is 34.7 Å². The van der Waals surface area contributed by atoms with E-state index in [4.69, 9.17) is 23.9 Å². The average molecular weight is 840 g/mol. The maximum Gasteiger partial charge on any atom is 0.411 e. The van der Waals surface area contributed by atoms with Crippen LogP contribution in [0.1, 0.15) is 48.6 Å². The Morgan fingerprint density at radius 1 is 0.935 bits per heavy atom. The van der Waals surface area contributed by atoms with Gasteiger partial charge in [0.1, 0.15) is 24.2 Å². The van der Waals surface area contributed by atoms with Gasteiger partial charge in [-0.25, -0.2) is 19.4 Å². The number of ether oxygens (including phenoxy) is 4. The van der Waals surface area contributed by atoms with Gasteiger partial charge < -0.3 is 38.4 Å². The molecule has 4 aromatic carbocycles. The highest BCUT2D eigenvalue weighted by Gasteiger charge is 2.51. The topological polar surface area (TPSA) is 193 Å². The number of rotatable bonds is 11. The summed E-state index contributed by atoms with van der Waals surface area (Å²) in [4.78, 5) is 72.9. The largest absolute Gasteiger partial charge is 0.508 e. The van der Waals surface area contributed by atoms with Crippen LogP contribution in [0.3, 0.4) is 0 Å². The van der Waals surface area contributed by atoms with E-state index in [-0.39, 0.29) is 61.0 Å². The normalized spacial score (nSPS) is 15.4. The number of cyclic esters (lactones) is 1. The molecule has 62 heavy (non-hydrogen) atoms. The number of nitro groups is 1. The molecule has 0 fully saturated rings. The maximum atomic E-state index is 13.9. The summed E-state index contributed by atoms with van der Waals surface area (Å²) >= 11 is 0. The summed E-state index contributed by atoms with van der Waals surface area (Å²) in [5.41, 5.74) is 2.51. The van der Waals surface area contributed by atoms with Gasteiger partial charge in [-0.3, -0.25) is 14.9 Å². The van der Waals surface area contributed by atoms with E-state index in [1.807, 2.05) is 48.5 Å². The molecule has 2 amide bonds. The fraction of sp³-hybridized carbons (Fsp3) is 0.239. The third-order valence-corrected chi connectivity index (χ3v) is 11.2. The van der Waals surface area contributed by atoms with E-state index in [0.717, 1.165) is 16.7 Å². The first-order valence-corrected chi connectivity index (χ1v) is 19.8. The van der Waals surface area contributed by atoms with Gasteiger partial charge in [0.2, 0.25) is 11.4 Å². The number of amides is 2. The van der Waals surface area contributed by atoms with Gasteiger partial charge in [-0.15, -0.1) is 0 Å². The van der Waals surface area contributed by atoms with E-state index >= 15 is 0 Å². The number of hydrogen-bond donors (Lipinski definition) is 1. The Morgan fingerprint density at radius 2 is 1.65 bits per heavy atom. The van der Waals surface area contributed by atoms with Crippen molar-refractivity contribution in [1.29, 1.82) is 0 Å². The monoisotopic (exact) mass is 839 g/mol. The van der Waals surface area contributed by atoms with Crippen LogP contribution in [0.5, 0.6) is 17.2 Å². The Balaban J connectivity index is 0.927. The highest BCUT2D eigenvalue weighted by molar-refractivity contribution is 5.88. The van der Waals surface area contributed by atoms with Gasteiger partial charge in [-0.2, -0.15) is 0 Å². The lowest BCUT2D eigenvalue weighted by atomic mass is 9.85. The van der Waals surface area contributed by atoms with Crippen molar-refractivity contribution in [2.45, 2.75) is 45.1 Å². The van der Waals surface area contributed by atoms with Crippen molar-refractivity contribution in [2.75, 3.05) is 27.2 Å². The van der Waals surface area contributed by atoms with Crippen molar-refractivity contribution in [1.82, 2.24) is 19.4 Å². The van der Waals surface area contributed by atoms with Gasteiger partial charge in [-0.1, -0.05) is 49.4 Å². The molecular weight excluding hydrogens is 799 g/mol. The molecule has 4 heterocycles. The van der Waals surface area contributed by atoms with E-state index in [1.165, 1.54) is 48.2 Å². The summed E-state index contributed by atoms with van der Waals surface area (Å²) in [5, 5.41) is 22.6. The van der Waals surface area contributed by atoms with Crippen molar-refractivity contribution in [3.8, 4) is 39.8 Å². The zero-order valence-electron chi connectivity index (χ0n) is 34.2. The molecule has 2 aromatic heterocycles. The van der Waals surface area contributed by atoms with Crippen LogP contribution in [0.2, 0.25) is 0 Å². The smallest absolute Gasteiger partial charge is 0.411 e. The molecule has 0 saturated heterocycles. The standard InChI is InChI=1S/C46H41N5O11/c1-5-46(36-24-39-41-32(21-31-22-33(52)14-17-37(31)47-41)25-50(39)42(53)35(36)26-59-43(46)54)62-45(56)49(4)20-19-48(3)44(55)60-27(2)30-13-18-38(51(57)58)40(23-30)61-34-15-11-29(12-16-34)28-9-7-6-8-10-28/h6-18,21-24,27,52H,5,19-20,25-26H2,1-4H3. The first kappa shape index (κ1) is 41.0. The zero-order valence-corrected chi connectivity index (χ0v) is 34.2. The number of esters is 1. The van der Waals surface area contributed by atoms with E-state index in [0.29, 0.717) is 33.6 Å². The van der Waals surface area contributed by atoms with Gasteiger partial charge in [0.15, 0.2) is 0 Å². The number of hydrogen-bond acceptors (Lipinski definition) is 12. The number of benzene rings is 4. The van der Waals surface area contributed by atoms with Crippen LogP contribution in [0.15, 0.2) is 108 Å². The van der Waals surface area contributed by atoms with Crippen LogP contribution >= 0.6 is 0 Å². The second-order valence-corrected chi connectivity index (χ2v) is 15.2. The number of nitro benzene ring substituents is 1. The van der Waals surface area contributed by atoms with Gasteiger partial charge in [-0.05, 0) is 84.6 Å². The third-order valence-electron chi connectivity index (χ3n) is 11.2. The molecule has 0 aliphatic carbocycles. The molecule has 1 N–H and O–H groups in total. The van der Waals surface area contributed by atoms with E-state index in [1.54, 1.807) is 48.7 Å². The third kappa shape index (κ3) is 7.61. The minimum absolute atomic E-state index is 0.00600. The Morgan fingerprint density at radius 3 is 2.35 bits per heavy atom. The summed E-state index contributed by atoms with van der Waals surface area (Å²) in [6.45, 7) is 3.14. The van der Waals surface area contributed by atoms with Crippen LogP contribution in [-0.2, 0) is 37.8 Å². The molecular formula is C46H41N5O11. The fourth-order valence-electron chi connectivity index (χ4n) is 7.64. The number of phenols is 1. The van der Waals surface area contributed by atoms with Gasteiger partial charge in [0.25, 0.3) is 5.56 Å².